The lowest BCUT2D eigenvalue weighted by Crippen LogP contribution is -2.38. The molecular weight excluding hydrogens is 267 g/mol. The minimum absolute atomic E-state index is 0.228. The van der Waals surface area contributed by atoms with Crippen molar-refractivity contribution in [3.05, 3.63) is 48.0 Å². The maximum Gasteiger partial charge on any atom is 0.123 e. The lowest BCUT2D eigenvalue weighted by molar-refractivity contribution is 0.168. The summed E-state index contributed by atoms with van der Waals surface area (Å²) >= 11 is 0. The molecule has 1 aromatic carbocycles. The summed E-state index contributed by atoms with van der Waals surface area (Å²) in [5.41, 5.74) is 7.81. The van der Waals surface area contributed by atoms with Crippen molar-refractivity contribution >= 4 is 0 Å². The summed E-state index contributed by atoms with van der Waals surface area (Å²) in [6.45, 7) is 3.76. The molecule has 0 saturated carbocycles. The Labute approximate surface area is 124 Å². The first-order valence-corrected chi connectivity index (χ1v) is 7.47. The molecule has 2 aromatic rings. The quantitative estimate of drug-likeness (QED) is 0.938. The Bertz CT molecular complexity index is 578. The molecule has 1 atom stereocenters. The average molecular weight is 288 g/mol. The smallest absolute Gasteiger partial charge is 0.123 e. The van der Waals surface area contributed by atoms with Crippen molar-refractivity contribution in [2.75, 3.05) is 19.6 Å². The van der Waals surface area contributed by atoms with E-state index >= 15 is 0 Å². The van der Waals surface area contributed by atoms with Crippen molar-refractivity contribution in [1.82, 2.24) is 14.7 Å². The van der Waals surface area contributed by atoms with E-state index in [9.17, 15) is 4.39 Å². The molecule has 5 heteroatoms. The highest BCUT2D eigenvalue weighted by Gasteiger charge is 2.20. The molecule has 21 heavy (non-hydrogen) atoms. The molecule has 1 unspecified atom stereocenters. The lowest BCUT2D eigenvalue weighted by atomic mass is 9.98. The number of halogens is 1. The SMILES string of the molecule is NCC1CCCN(Cc2ccnn2-c2ccc(F)cc2)C1. The highest BCUT2D eigenvalue weighted by atomic mass is 19.1. The molecule has 2 N–H and O–H groups in total. The van der Waals surface area contributed by atoms with Crippen molar-refractivity contribution in [2.24, 2.45) is 11.7 Å². The molecule has 0 aliphatic carbocycles. The van der Waals surface area contributed by atoms with Crippen molar-refractivity contribution in [3.63, 3.8) is 0 Å². The molecule has 1 saturated heterocycles. The summed E-state index contributed by atoms with van der Waals surface area (Å²) < 4.78 is 14.9. The summed E-state index contributed by atoms with van der Waals surface area (Å²) in [5, 5.41) is 4.36. The molecule has 3 rings (SSSR count). The van der Waals surface area contributed by atoms with Gasteiger partial charge < -0.3 is 5.73 Å². The van der Waals surface area contributed by atoms with Crippen LogP contribution in [0.1, 0.15) is 18.5 Å². The number of nitrogens with two attached hydrogens (primary N) is 1. The second kappa shape index (κ2) is 6.37. The van der Waals surface area contributed by atoms with Crippen molar-refractivity contribution < 1.29 is 4.39 Å². The normalized spacial score (nSPS) is 19.8. The van der Waals surface area contributed by atoms with Gasteiger partial charge in [0.05, 0.1) is 11.4 Å². The van der Waals surface area contributed by atoms with Crippen LogP contribution in [-0.2, 0) is 6.54 Å². The highest BCUT2D eigenvalue weighted by Crippen LogP contribution is 2.19. The van der Waals surface area contributed by atoms with Crippen LogP contribution >= 0.6 is 0 Å². The van der Waals surface area contributed by atoms with Crippen LogP contribution in [0.15, 0.2) is 36.5 Å². The fourth-order valence-electron chi connectivity index (χ4n) is 2.98. The molecule has 112 valence electrons. The highest BCUT2D eigenvalue weighted by molar-refractivity contribution is 5.32. The first kappa shape index (κ1) is 14.2. The first-order chi connectivity index (χ1) is 10.3. The Morgan fingerprint density at radius 3 is 2.81 bits per heavy atom. The minimum Gasteiger partial charge on any atom is -0.330 e. The molecule has 1 fully saturated rings. The summed E-state index contributed by atoms with van der Waals surface area (Å²) in [6.07, 6.45) is 4.22. The Hall–Kier alpha value is -1.72. The molecule has 1 aliphatic rings. The number of benzene rings is 1. The van der Waals surface area contributed by atoms with Crippen molar-refractivity contribution in [2.45, 2.75) is 19.4 Å². The van der Waals surface area contributed by atoms with Gasteiger partial charge in [0.25, 0.3) is 0 Å². The van der Waals surface area contributed by atoms with Gasteiger partial charge in [0.2, 0.25) is 0 Å². The van der Waals surface area contributed by atoms with Crippen LogP contribution < -0.4 is 5.73 Å². The van der Waals surface area contributed by atoms with Crippen LogP contribution in [0.5, 0.6) is 0 Å². The Morgan fingerprint density at radius 2 is 2.05 bits per heavy atom. The van der Waals surface area contributed by atoms with Crippen LogP contribution in [0.25, 0.3) is 5.69 Å². The van der Waals surface area contributed by atoms with E-state index < -0.39 is 0 Å². The van der Waals surface area contributed by atoms with E-state index in [1.54, 1.807) is 18.3 Å². The second-order valence-corrected chi connectivity index (χ2v) is 5.69. The fraction of sp³-hybridized carbons (Fsp3) is 0.438. The largest absolute Gasteiger partial charge is 0.330 e. The average Bonchev–Trinajstić information content (AvgIpc) is 2.96. The lowest BCUT2D eigenvalue weighted by Gasteiger charge is -2.32. The zero-order valence-corrected chi connectivity index (χ0v) is 12.1. The summed E-state index contributed by atoms with van der Waals surface area (Å²) in [4.78, 5) is 2.43. The molecule has 2 heterocycles. The molecule has 0 spiro atoms. The Morgan fingerprint density at radius 1 is 1.24 bits per heavy atom. The van der Waals surface area contributed by atoms with E-state index in [2.05, 4.69) is 10.00 Å². The number of hydrogen-bond acceptors (Lipinski definition) is 3. The number of likely N-dealkylation sites (tertiary alicyclic amines) is 1. The molecule has 4 nitrogen and oxygen atoms in total. The topological polar surface area (TPSA) is 47.1 Å². The van der Waals surface area contributed by atoms with Crippen LogP contribution in [0, 0.1) is 11.7 Å². The van der Waals surface area contributed by atoms with Crippen LogP contribution in [0.3, 0.4) is 0 Å². The summed E-state index contributed by atoms with van der Waals surface area (Å²) in [7, 11) is 0. The number of aromatic nitrogens is 2. The van der Waals surface area contributed by atoms with Gasteiger partial charge >= 0.3 is 0 Å². The zero-order chi connectivity index (χ0) is 14.7. The van der Waals surface area contributed by atoms with Crippen molar-refractivity contribution in [1.29, 1.82) is 0 Å². The van der Waals surface area contributed by atoms with E-state index in [1.807, 2.05) is 10.7 Å². The first-order valence-electron chi connectivity index (χ1n) is 7.47. The number of rotatable bonds is 4. The third-order valence-corrected chi connectivity index (χ3v) is 4.11. The molecule has 0 radical (unpaired) electrons. The molecule has 0 bridgehead atoms. The molecular formula is C16H21FN4. The predicted octanol–water partition coefficient (Wildman–Crippen LogP) is 2.18. The van der Waals surface area contributed by atoms with Gasteiger partial charge in [-0.25, -0.2) is 9.07 Å². The van der Waals surface area contributed by atoms with E-state index in [0.29, 0.717) is 5.92 Å². The van der Waals surface area contributed by atoms with E-state index in [0.717, 1.165) is 37.6 Å². The van der Waals surface area contributed by atoms with Gasteiger partial charge in [0.15, 0.2) is 0 Å². The number of hydrogen-bond donors (Lipinski definition) is 1. The summed E-state index contributed by atoms with van der Waals surface area (Å²) in [5.74, 6) is 0.371. The van der Waals surface area contributed by atoms with Gasteiger partial charge in [-0.2, -0.15) is 5.10 Å². The maximum absolute atomic E-state index is 13.0. The fourth-order valence-corrected chi connectivity index (χ4v) is 2.98. The van der Waals surface area contributed by atoms with Gasteiger partial charge in [0.1, 0.15) is 5.82 Å². The zero-order valence-electron chi connectivity index (χ0n) is 12.1. The Kier molecular flexibility index (Phi) is 4.31. The number of piperidine rings is 1. The standard InChI is InChI=1S/C16H21FN4/c17-14-3-5-15(6-4-14)21-16(7-8-19-21)12-20-9-1-2-13(10-18)11-20/h3-8,13H,1-2,9-12,18H2. The van der Waals surface area contributed by atoms with Crippen molar-refractivity contribution in [3.8, 4) is 5.69 Å². The molecule has 1 aliphatic heterocycles. The third-order valence-electron chi connectivity index (χ3n) is 4.11. The van der Waals surface area contributed by atoms with Gasteiger partial charge in [-0.05, 0) is 62.2 Å². The maximum atomic E-state index is 13.0. The predicted molar refractivity (Wildman–Crippen MR) is 80.6 cm³/mol. The van der Waals surface area contributed by atoms with Gasteiger partial charge in [-0.15, -0.1) is 0 Å². The molecule has 0 amide bonds. The second-order valence-electron chi connectivity index (χ2n) is 5.69. The minimum atomic E-state index is -0.228. The third kappa shape index (κ3) is 3.31. The van der Waals surface area contributed by atoms with Crippen LogP contribution in [-0.4, -0.2) is 34.3 Å². The Balaban J connectivity index is 1.75. The van der Waals surface area contributed by atoms with Crippen LogP contribution in [0.4, 0.5) is 4.39 Å². The molecule has 1 aromatic heterocycles. The van der Waals surface area contributed by atoms with Gasteiger partial charge in [-0.3, -0.25) is 4.90 Å². The van der Waals surface area contributed by atoms with Gasteiger partial charge in [0, 0.05) is 19.3 Å². The van der Waals surface area contributed by atoms with Gasteiger partial charge in [-0.1, -0.05) is 0 Å². The van der Waals surface area contributed by atoms with Crippen LogP contribution in [0.2, 0.25) is 0 Å². The van der Waals surface area contributed by atoms with E-state index in [-0.39, 0.29) is 5.82 Å². The van der Waals surface area contributed by atoms with E-state index in [1.165, 1.54) is 25.0 Å². The monoisotopic (exact) mass is 288 g/mol. The van der Waals surface area contributed by atoms with E-state index in [4.69, 9.17) is 5.73 Å². The summed E-state index contributed by atoms with van der Waals surface area (Å²) in [6, 6.07) is 8.46. The number of nitrogens with zero attached hydrogens (tertiary/aromatic N) is 3.